The summed E-state index contributed by atoms with van der Waals surface area (Å²) in [5, 5.41) is 17.9. The van der Waals surface area contributed by atoms with Crippen molar-refractivity contribution in [2.75, 3.05) is 5.32 Å². The number of nitrogens with one attached hydrogen (secondary N) is 2. The minimum atomic E-state index is 0. The van der Waals surface area contributed by atoms with Gasteiger partial charge in [-0.05, 0) is 44.7 Å². The molecule has 0 unspecified atom stereocenters. The van der Waals surface area contributed by atoms with Gasteiger partial charge >= 0.3 is 0 Å². The number of aryl methyl sites for hydroxylation is 1. The van der Waals surface area contributed by atoms with E-state index in [9.17, 15) is 5.26 Å². The molecular formula is C22H22ClN7S. The fourth-order valence-corrected chi connectivity index (χ4v) is 5.80. The van der Waals surface area contributed by atoms with Crippen LogP contribution in [0.25, 0.3) is 27.1 Å². The van der Waals surface area contributed by atoms with Crippen molar-refractivity contribution >= 4 is 44.7 Å². The lowest BCUT2D eigenvalue weighted by Crippen LogP contribution is -2.43. The zero-order valence-corrected chi connectivity index (χ0v) is 18.6. The molecule has 9 heteroatoms. The van der Waals surface area contributed by atoms with Crippen molar-refractivity contribution in [2.24, 2.45) is 0 Å². The molecule has 0 aliphatic carbocycles. The second kappa shape index (κ2) is 7.75. The van der Waals surface area contributed by atoms with E-state index in [0.29, 0.717) is 29.3 Å². The molecule has 0 radical (unpaired) electrons. The Labute approximate surface area is 190 Å². The Balaban J connectivity index is 0.00000204. The van der Waals surface area contributed by atoms with E-state index in [-0.39, 0.29) is 12.4 Å². The molecule has 0 saturated carbocycles. The van der Waals surface area contributed by atoms with Crippen LogP contribution in [0, 0.1) is 18.3 Å². The first kappa shape index (κ1) is 20.2. The Morgan fingerprint density at radius 2 is 2.00 bits per heavy atom. The molecule has 3 atom stereocenters. The van der Waals surface area contributed by atoms with Crippen LogP contribution < -0.4 is 10.6 Å². The zero-order valence-electron chi connectivity index (χ0n) is 17.0. The van der Waals surface area contributed by atoms with Gasteiger partial charge in [0.2, 0.25) is 0 Å². The lowest BCUT2D eigenvalue weighted by molar-refractivity contribution is 0.378. The summed E-state index contributed by atoms with van der Waals surface area (Å²) < 4.78 is 3.00. The van der Waals surface area contributed by atoms with Crippen LogP contribution in [-0.4, -0.2) is 37.5 Å². The Morgan fingerprint density at radius 3 is 2.77 bits per heavy atom. The molecule has 4 aromatic heterocycles. The van der Waals surface area contributed by atoms with Crippen molar-refractivity contribution in [3.8, 4) is 17.3 Å². The first-order chi connectivity index (χ1) is 14.6. The molecular weight excluding hydrogens is 430 g/mol. The van der Waals surface area contributed by atoms with Crippen LogP contribution in [0.4, 0.5) is 5.13 Å². The predicted octanol–water partition coefficient (Wildman–Crippen LogP) is 4.30. The summed E-state index contributed by atoms with van der Waals surface area (Å²) in [7, 11) is 0. The van der Waals surface area contributed by atoms with Gasteiger partial charge in [-0.2, -0.15) is 5.26 Å². The maximum atomic E-state index is 9.54. The number of rotatable bonds is 3. The van der Waals surface area contributed by atoms with E-state index in [2.05, 4.69) is 32.7 Å². The highest BCUT2D eigenvalue weighted by Crippen LogP contribution is 2.33. The molecule has 6 rings (SSSR count). The molecule has 158 valence electrons. The highest BCUT2D eigenvalue weighted by atomic mass is 35.5. The number of pyridine rings is 2. The summed E-state index contributed by atoms with van der Waals surface area (Å²) in [6, 6.07) is 7.98. The molecule has 2 aliphatic rings. The van der Waals surface area contributed by atoms with E-state index in [1.165, 1.54) is 12.8 Å². The van der Waals surface area contributed by atoms with Gasteiger partial charge in [-0.3, -0.25) is 4.98 Å². The van der Waals surface area contributed by atoms with Gasteiger partial charge in [0, 0.05) is 36.1 Å². The standard InChI is InChI=1S/C22H21N7S.ClH/c1-12-10-29-11-14(4-13(8-23)21(29)25-12)18-7-20-19(9-24-18)28-22(30-20)27-17-5-15-2-3-16(6-17)26-15;/h4,7,9-11,15-17,26H,2-3,5-6H2,1H3,(H,27,28);1H/t15-,16+,17-;. The van der Waals surface area contributed by atoms with Gasteiger partial charge in [0.15, 0.2) is 10.8 Å². The second-order valence-electron chi connectivity index (χ2n) is 8.37. The number of piperidine rings is 1. The molecule has 7 nitrogen and oxygen atoms in total. The number of hydrogen-bond acceptors (Lipinski definition) is 7. The average Bonchev–Trinajstić information content (AvgIpc) is 3.41. The highest BCUT2D eigenvalue weighted by Gasteiger charge is 2.33. The van der Waals surface area contributed by atoms with Crippen LogP contribution in [0.1, 0.15) is 36.9 Å². The number of halogens is 1. The van der Waals surface area contributed by atoms with Crippen molar-refractivity contribution in [1.29, 1.82) is 5.26 Å². The van der Waals surface area contributed by atoms with Crippen molar-refractivity contribution in [3.05, 3.63) is 42.0 Å². The third-order valence-corrected chi connectivity index (χ3v) is 7.11. The fourth-order valence-electron chi connectivity index (χ4n) is 4.84. The van der Waals surface area contributed by atoms with Gasteiger partial charge in [-0.15, -0.1) is 12.4 Å². The third-order valence-electron chi connectivity index (χ3n) is 6.16. The zero-order chi connectivity index (χ0) is 20.2. The molecule has 2 saturated heterocycles. The maximum absolute atomic E-state index is 9.54. The van der Waals surface area contributed by atoms with Gasteiger partial charge in [-0.25, -0.2) is 9.97 Å². The third kappa shape index (κ3) is 3.63. The van der Waals surface area contributed by atoms with E-state index in [1.807, 2.05) is 36.0 Å². The number of anilines is 1. The summed E-state index contributed by atoms with van der Waals surface area (Å²) in [5.74, 6) is 0. The number of nitriles is 1. The van der Waals surface area contributed by atoms with Gasteiger partial charge in [0.25, 0.3) is 0 Å². The van der Waals surface area contributed by atoms with Crippen molar-refractivity contribution in [1.82, 2.24) is 24.7 Å². The molecule has 2 fully saturated rings. The molecule has 0 spiro atoms. The fraction of sp³-hybridized carbons (Fsp3) is 0.364. The van der Waals surface area contributed by atoms with Crippen LogP contribution in [0.3, 0.4) is 0 Å². The van der Waals surface area contributed by atoms with Crippen LogP contribution in [-0.2, 0) is 0 Å². The van der Waals surface area contributed by atoms with Crippen LogP contribution in [0.2, 0.25) is 0 Å². The minimum absolute atomic E-state index is 0. The molecule has 2 aliphatic heterocycles. The topological polar surface area (TPSA) is 90.9 Å². The largest absolute Gasteiger partial charge is 0.359 e. The number of thiazole rings is 1. The lowest BCUT2D eigenvalue weighted by atomic mass is 10.0. The Morgan fingerprint density at radius 1 is 1.19 bits per heavy atom. The monoisotopic (exact) mass is 451 g/mol. The SMILES string of the molecule is Cc1cn2cc(-c3cc4sc(N[C@@H]5C[C@H]6CC[C@@H](C5)N6)nc4cn3)cc(C#N)c2n1.Cl. The second-order valence-corrected chi connectivity index (χ2v) is 9.40. The molecule has 2 bridgehead atoms. The Hall–Kier alpha value is -2.73. The van der Waals surface area contributed by atoms with E-state index in [1.54, 1.807) is 11.3 Å². The van der Waals surface area contributed by atoms with Crippen molar-refractivity contribution in [3.63, 3.8) is 0 Å². The number of imidazole rings is 1. The van der Waals surface area contributed by atoms with Gasteiger partial charge in [0.05, 0.1) is 27.8 Å². The summed E-state index contributed by atoms with van der Waals surface area (Å²) in [5.41, 5.74) is 4.76. The quantitative estimate of drug-likeness (QED) is 0.482. The normalized spacial score (nSPS) is 22.4. The van der Waals surface area contributed by atoms with Gasteiger partial charge < -0.3 is 15.0 Å². The Kier molecular flexibility index (Phi) is 5.05. The van der Waals surface area contributed by atoms with E-state index in [4.69, 9.17) is 4.98 Å². The van der Waals surface area contributed by atoms with Gasteiger partial charge in [0.1, 0.15) is 11.6 Å². The molecule has 4 aromatic rings. The number of aromatic nitrogens is 4. The first-order valence-corrected chi connectivity index (χ1v) is 11.2. The van der Waals surface area contributed by atoms with E-state index < -0.39 is 0 Å². The first-order valence-electron chi connectivity index (χ1n) is 10.3. The molecule has 31 heavy (non-hydrogen) atoms. The Bertz CT molecular complexity index is 1310. The predicted molar refractivity (Wildman–Crippen MR) is 125 cm³/mol. The van der Waals surface area contributed by atoms with Crippen LogP contribution in [0.5, 0.6) is 0 Å². The summed E-state index contributed by atoms with van der Waals surface area (Å²) in [6.07, 6.45) is 10.7. The van der Waals surface area contributed by atoms with E-state index in [0.717, 1.165) is 45.1 Å². The van der Waals surface area contributed by atoms with Crippen LogP contribution >= 0.6 is 23.7 Å². The van der Waals surface area contributed by atoms with Gasteiger partial charge in [-0.1, -0.05) is 11.3 Å². The maximum Gasteiger partial charge on any atom is 0.184 e. The van der Waals surface area contributed by atoms with Crippen LogP contribution in [0.15, 0.2) is 30.7 Å². The van der Waals surface area contributed by atoms with Crippen molar-refractivity contribution in [2.45, 2.75) is 50.7 Å². The minimum Gasteiger partial charge on any atom is -0.359 e. The van der Waals surface area contributed by atoms with Crippen molar-refractivity contribution < 1.29 is 0 Å². The summed E-state index contributed by atoms with van der Waals surface area (Å²) >= 11 is 1.67. The van der Waals surface area contributed by atoms with E-state index >= 15 is 0 Å². The highest BCUT2D eigenvalue weighted by molar-refractivity contribution is 7.22. The number of hydrogen-bond donors (Lipinski definition) is 2. The number of nitrogens with zero attached hydrogens (tertiary/aromatic N) is 5. The molecule has 0 amide bonds. The number of fused-ring (bicyclic) bond motifs is 4. The molecule has 0 aromatic carbocycles. The average molecular weight is 452 g/mol. The molecule has 2 N–H and O–H groups in total. The summed E-state index contributed by atoms with van der Waals surface area (Å²) in [6.45, 7) is 1.93. The lowest BCUT2D eigenvalue weighted by Gasteiger charge is -2.29. The summed E-state index contributed by atoms with van der Waals surface area (Å²) in [4.78, 5) is 13.8. The molecule has 6 heterocycles. The smallest absolute Gasteiger partial charge is 0.184 e.